The highest BCUT2D eigenvalue weighted by Crippen LogP contribution is 2.13. The van der Waals surface area contributed by atoms with Crippen molar-refractivity contribution < 1.29 is 9.47 Å². The molecule has 0 aliphatic rings. The van der Waals surface area contributed by atoms with Crippen LogP contribution < -0.4 is 0 Å². The zero-order chi connectivity index (χ0) is 14.1. The van der Waals surface area contributed by atoms with Gasteiger partial charge in [0, 0.05) is 37.2 Å². The average molecular weight is 330 g/mol. The molecule has 0 aliphatic carbocycles. The first-order valence-corrected chi connectivity index (χ1v) is 7.61. The minimum atomic E-state index is -0.0834. The average Bonchev–Trinajstić information content (AvgIpc) is 2.36. The van der Waals surface area contributed by atoms with Gasteiger partial charge in [0.1, 0.15) is 0 Å². The Labute approximate surface area is 125 Å². The first-order chi connectivity index (χ1) is 9.15. The minimum absolute atomic E-state index is 0.0834. The Morgan fingerprint density at radius 2 is 1.89 bits per heavy atom. The second-order valence-electron chi connectivity index (χ2n) is 4.50. The summed E-state index contributed by atoms with van der Waals surface area (Å²) >= 11 is 3.50. The Hall–Kier alpha value is -0.420. The molecule has 0 unspecified atom stereocenters. The van der Waals surface area contributed by atoms with Crippen LogP contribution >= 0.6 is 15.9 Å². The summed E-state index contributed by atoms with van der Waals surface area (Å²) in [6.45, 7) is 7.27. The fraction of sp³-hybridized carbons (Fsp3) is 0.600. The van der Waals surface area contributed by atoms with E-state index < -0.39 is 0 Å². The molecule has 0 saturated carbocycles. The molecule has 4 heteroatoms. The van der Waals surface area contributed by atoms with Gasteiger partial charge < -0.3 is 14.4 Å². The fourth-order valence-electron chi connectivity index (χ4n) is 1.94. The van der Waals surface area contributed by atoms with Crippen LogP contribution in [0.5, 0.6) is 0 Å². The Bertz CT molecular complexity index is 354. The fourth-order valence-corrected chi connectivity index (χ4v) is 2.39. The van der Waals surface area contributed by atoms with Gasteiger partial charge in [0.25, 0.3) is 0 Å². The normalized spacial score (nSPS) is 11.5. The summed E-state index contributed by atoms with van der Waals surface area (Å²) in [5, 5.41) is 0. The van der Waals surface area contributed by atoms with E-state index in [1.807, 2.05) is 19.9 Å². The molecule has 0 bridgehead atoms. The van der Waals surface area contributed by atoms with Crippen LogP contribution in [0.1, 0.15) is 25.8 Å². The smallest absolute Gasteiger partial charge is 0.158 e. The number of ether oxygens (including phenoxy) is 2. The van der Waals surface area contributed by atoms with Gasteiger partial charge in [-0.3, -0.25) is 0 Å². The molecule has 1 aromatic rings. The first-order valence-electron chi connectivity index (χ1n) is 6.81. The molecule has 108 valence electrons. The third kappa shape index (κ3) is 7.06. The third-order valence-corrected chi connectivity index (χ3v) is 3.29. The van der Waals surface area contributed by atoms with Crippen LogP contribution in [0.15, 0.2) is 28.7 Å². The van der Waals surface area contributed by atoms with E-state index in [9.17, 15) is 0 Å². The van der Waals surface area contributed by atoms with Gasteiger partial charge in [0.05, 0.1) is 0 Å². The molecule has 0 atom stereocenters. The lowest BCUT2D eigenvalue weighted by molar-refractivity contribution is -0.141. The molecule has 0 amide bonds. The monoisotopic (exact) mass is 329 g/mol. The highest BCUT2D eigenvalue weighted by atomic mass is 79.9. The Kier molecular flexibility index (Phi) is 8.30. The predicted molar refractivity (Wildman–Crippen MR) is 82.1 cm³/mol. The maximum absolute atomic E-state index is 5.55. The van der Waals surface area contributed by atoms with E-state index >= 15 is 0 Å². The van der Waals surface area contributed by atoms with E-state index in [0.29, 0.717) is 13.2 Å². The molecular weight excluding hydrogens is 306 g/mol. The zero-order valence-electron chi connectivity index (χ0n) is 12.1. The van der Waals surface area contributed by atoms with Gasteiger partial charge in [-0.15, -0.1) is 0 Å². The number of rotatable bonds is 9. The molecule has 0 N–H and O–H groups in total. The van der Waals surface area contributed by atoms with Crippen molar-refractivity contribution in [3.05, 3.63) is 34.3 Å². The zero-order valence-corrected chi connectivity index (χ0v) is 13.6. The Balaban J connectivity index is 2.35. The maximum Gasteiger partial charge on any atom is 0.158 e. The van der Waals surface area contributed by atoms with E-state index in [1.54, 1.807) is 0 Å². The Morgan fingerprint density at radius 3 is 2.47 bits per heavy atom. The van der Waals surface area contributed by atoms with Crippen molar-refractivity contribution in [2.24, 2.45) is 0 Å². The van der Waals surface area contributed by atoms with Crippen molar-refractivity contribution in [2.45, 2.75) is 33.1 Å². The standard InChI is InChI=1S/C15H24BrNO2/c1-4-18-15(19-5-2)9-10-17(3)12-13-7-6-8-14(16)11-13/h6-8,11,15H,4-5,9-10,12H2,1-3H3. The number of halogens is 1. The molecule has 1 aromatic carbocycles. The van der Waals surface area contributed by atoms with Gasteiger partial charge in [-0.2, -0.15) is 0 Å². The van der Waals surface area contributed by atoms with Crippen LogP contribution in [-0.4, -0.2) is 38.0 Å². The van der Waals surface area contributed by atoms with E-state index in [1.165, 1.54) is 5.56 Å². The number of nitrogens with zero attached hydrogens (tertiary/aromatic N) is 1. The SMILES string of the molecule is CCOC(CCN(C)Cc1cccc(Br)c1)OCC. The van der Waals surface area contributed by atoms with Gasteiger partial charge in [0.15, 0.2) is 6.29 Å². The van der Waals surface area contributed by atoms with E-state index in [4.69, 9.17) is 9.47 Å². The van der Waals surface area contributed by atoms with Crippen molar-refractivity contribution in [1.82, 2.24) is 4.90 Å². The van der Waals surface area contributed by atoms with Crippen molar-refractivity contribution in [2.75, 3.05) is 26.8 Å². The summed E-state index contributed by atoms with van der Waals surface area (Å²) in [5.74, 6) is 0. The summed E-state index contributed by atoms with van der Waals surface area (Å²) in [5.41, 5.74) is 1.31. The predicted octanol–water partition coefficient (Wildman–Crippen LogP) is 3.67. The molecule has 1 rings (SSSR count). The molecule has 0 spiro atoms. The molecule has 0 heterocycles. The number of benzene rings is 1. The summed E-state index contributed by atoms with van der Waals surface area (Å²) in [7, 11) is 2.12. The lowest BCUT2D eigenvalue weighted by atomic mass is 10.2. The third-order valence-electron chi connectivity index (χ3n) is 2.79. The van der Waals surface area contributed by atoms with Crippen molar-refractivity contribution >= 4 is 15.9 Å². The second kappa shape index (κ2) is 9.48. The van der Waals surface area contributed by atoms with E-state index in [-0.39, 0.29) is 6.29 Å². The summed E-state index contributed by atoms with van der Waals surface area (Å²) in [6.07, 6.45) is 0.812. The molecule has 0 fully saturated rings. The van der Waals surface area contributed by atoms with Crippen molar-refractivity contribution in [3.63, 3.8) is 0 Å². The molecular formula is C15H24BrNO2. The topological polar surface area (TPSA) is 21.7 Å². The van der Waals surface area contributed by atoms with Crippen LogP contribution in [0.3, 0.4) is 0 Å². The number of hydrogen-bond donors (Lipinski definition) is 0. The van der Waals surface area contributed by atoms with Crippen LogP contribution in [0, 0.1) is 0 Å². The number of hydrogen-bond acceptors (Lipinski definition) is 3. The van der Waals surface area contributed by atoms with Crippen LogP contribution in [0.4, 0.5) is 0 Å². The van der Waals surface area contributed by atoms with Crippen molar-refractivity contribution in [3.8, 4) is 0 Å². The quantitative estimate of drug-likeness (QED) is 0.645. The summed E-state index contributed by atoms with van der Waals surface area (Å²) < 4.78 is 12.2. The summed E-state index contributed by atoms with van der Waals surface area (Å²) in [4.78, 5) is 2.28. The second-order valence-corrected chi connectivity index (χ2v) is 5.41. The largest absolute Gasteiger partial charge is 0.353 e. The van der Waals surface area contributed by atoms with Crippen LogP contribution in [-0.2, 0) is 16.0 Å². The molecule has 0 radical (unpaired) electrons. The van der Waals surface area contributed by atoms with Gasteiger partial charge >= 0.3 is 0 Å². The van der Waals surface area contributed by atoms with Crippen LogP contribution in [0.2, 0.25) is 0 Å². The first kappa shape index (κ1) is 16.6. The lowest BCUT2D eigenvalue weighted by Crippen LogP contribution is -2.26. The Morgan fingerprint density at radius 1 is 1.21 bits per heavy atom. The summed E-state index contributed by atoms with van der Waals surface area (Å²) in [6, 6.07) is 8.41. The van der Waals surface area contributed by atoms with E-state index in [0.717, 1.165) is 24.0 Å². The molecule has 0 saturated heterocycles. The highest BCUT2D eigenvalue weighted by Gasteiger charge is 2.09. The minimum Gasteiger partial charge on any atom is -0.353 e. The highest BCUT2D eigenvalue weighted by molar-refractivity contribution is 9.10. The van der Waals surface area contributed by atoms with Gasteiger partial charge in [0.2, 0.25) is 0 Å². The van der Waals surface area contributed by atoms with E-state index in [2.05, 4.69) is 46.1 Å². The molecule has 0 aromatic heterocycles. The van der Waals surface area contributed by atoms with Crippen LogP contribution in [0.25, 0.3) is 0 Å². The molecule has 0 aliphatic heterocycles. The lowest BCUT2D eigenvalue weighted by Gasteiger charge is -2.21. The van der Waals surface area contributed by atoms with Gasteiger partial charge in [-0.05, 0) is 38.6 Å². The molecule has 3 nitrogen and oxygen atoms in total. The maximum atomic E-state index is 5.55. The van der Waals surface area contributed by atoms with Gasteiger partial charge in [-0.1, -0.05) is 28.1 Å². The van der Waals surface area contributed by atoms with Gasteiger partial charge in [-0.25, -0.2) is 0 Å². The van der Waals surface area contributed by atoms with Crippen molar-refractivity contribution in [1.29, 1.82) is 0 Å². The molecule has 19 heavy (non-hydrogen) atoms.